The van der Waals surface area contributed by atoms with E-state index in [2.05, 4.69) is 48.5 Å². The van der Waals surface area contributed by atoms with E-state index in [0.29, 0.717) is 25.7 Å². The Labute approximate surface area is 543 Å². The van der Waals surface area contributed by atoms with E-state index >= 15 is 0 Å². The minimum atomic E-state index is -4.95. The number of aliphatic hydroxyl groups is 1. The Bertz CT molecular complexity index is 1750. The Kier molecular flexibility index (Phi) is 59.6. The maximum absolute atomic E-state index is 13.0. The van der Waals surface area contributed by atoms with E-state index in [4.69, 9.17) is 37.0 Å². The molecule has 17 nitrogen and oxygen atoms in total. The zero-order valence-corrected chi connectivity index (χ0v) is 59.7. The lowest BCUT2D eigenvalue weighted by Crippen LogP contribution is -2.30. The van der Waals surface area contributed by atoms with Crippen LogP contribution in [0.15, 0.2) is 0 Å². The first-order valence-corrected chi connectivity index (χ1v) is 39.3. The molecule has 0 amide bonds. The van der Waals surface area contributed by atoms with Crippen LogP contribution in [0.2, 0.25) is 0 Å². The van der Waals surface area contributed by atoms with Crippen LogP contribution in [0.3, 0.4) is 0 Å². The Morgan fingerprint density at radius 3 is 0.764 bits per heavy atom. The monoisotopic (exact) mass is 1310 g/mol. The topological polar surface area (TPSA) is 237 Å². The summed E-state index contributed by atoms with van der Waals surface area (Å²) < 4.78 is 68.3. The fourth-order valence-electron chi connectivity index (χ4n) is 10.5. The summed E-state index contributed by atoms with van der Waals surface area (Å²) in [4.78, 5) is 72.5. The molecule has 0 saturated carbocycles. The number of aliphatic hydroxyl groups excluding tert-OH is 1. The van der Waals surface area contributed by atoms with E-state index in [1.54, 1.807) is 0 Å². The van der Waals surface area contributed by atoms with Gasteiger partial charge in [-0.3, -0.25) is 37.3 Å². The fraction of sp³-hybridized carbons (Fsp3) is 0.943. The van der Waals surface area contributed by atoms with Gasteiger partial charge in [0.25, 0.3) is 0 Å². The molecule has 0 aromatic rings. The van der Waals surface area contributed by atoms with Gasteiger partial charge in [0.2, 0.25) is 0 Å². The van der Waals surface area contributed by atoms with Crippen molar-refractivity contribution in [3.05, 3.63) is 0 Å². The Hall–Kier alpha value is -1.94. The number of carbonyl (C=O) groups is 4. The number of phosphoric acid groups is 2. The summed E-state index contributed by atoms with van der Waals surface area (Å²) in [5.41, 5.74) is 0. The van der Waals surface area contributed by atoms with Crippen LogP contribution in [-0.4, -0.2) is 96.7 Å². The molecule has 0 heterocycles. The normalized spacial score (nSPS) is 14.2. The summed E-state index contributed by atoms with van der Waals surface area (Å²) in [6, 6.07) is 0. The van der Waals surface area contributed by atoms with Crippen LogP contribution in [0.5, 0.6) is 0 Å². The number of rotatable bonds is 68. The number of phosphoric ester groups is 2. The van der Waals surface area contributed by atoms with Gasteiger partial charge in [-0.05, 0) is 43.4 Å². The first-order chi connectivity index (χ1) is 42.7. The van der Waals surface area contributed by atoms with Gasteiger partial charge in [-0.1, -0.05) is 299 Å². The molecule has 0 radical (unpaired) electrons. The third-order valence-corrected chi connectivity index (χ3v) is 18.0. The van der Waals surface area contributed by atoms with Crippen LogP contribution in [0.1, 0.15) is 350 Å². The molecule has 0 bridgehead atoms. The smallest absolute Gasteiger partial charge is 0.462 e. The largest absolute Gasteiger partial charge is 0.472 e. The molecule has 0 aromatic carbocycles. The van der Waals surface area contributed by atoms with E-state index in [9.17, 15) is 43.2 Å². The first kappa shape index (κ1) is 87.1. The summed E-state index contributed by atoms with van der Waals surface area (Å²) in [5, 5.41) is 10.6. The summed E-state index contributed by atoms with van der Waals surface area (Å²) in [6.07, 6.45) is 44.4. The molecule has 0 aliphatic rings. The van der Waals surface area contributed by atoms with E-state index in [1.807, 2.05) is 0 Å². The van der Waals surface area contributed by atoms with Gasteiger partial charge in [0, 0.05) is 25.7 Å². The van der Waals surface area contributed by atoms with Gasteiger partial charge in [-0.25, -0.2) is 9.13 Å². The van der Waals surface area contributed by atoms with Gasteiger partial charge >= 0.3 is 39.5 Å². The van der Waals surface area contributed by atoms with Crippen LogP contribution < -0.4 is 0 Å². The standard InChI is InChI=1S/C70H136O17P2/c1-8-9-10-11-12-20-30-37-44-51-67(72)80-57-65(87-70(75)54-47-40-33-26-19-17-23-29-36-43-50-63(6)7)59-84-88(76,77)82-55-64(71)56-83-89(78,79)85-60-66(58-81-68(73)52-45-38-31-24-18-16-22-28-35-42-49-62(4)5)86-69(74)53-46-39-32-25-15-13-14-21-27-34-41-48-61(2)3/h61-66,71H,8-60H2,1-7H3,(H,76,77)(H,78,79)/t64-,65+,66+/m0/s1. The zero-order valence-electron chi connectivity index (χ0n) is 57.9. The molecule has 528 valence electrons. The lowest BCUT2D eigenvalue weighted by atomic mass is 10.0. The molecular weight excluding hydrogens is 1170 g/mol. The van der Waals surface area contributed by atoms with E-state index in [-0.39, 0.29) is 25.7 Å². The second-order valence-electron chi connectivity index (χ2n) is 26.7. The minimum Gasteiger partial charge on any atom is -0.462 e. The maximum atomic E-state index is 13.0. The maximum Gasteiger partial charge on any atom is 0.472 e. The molecule has 0 spiro atoms. The van der Waals surface area contributed by atoms with Crippen LogP contribution >= 0.6 is 15.6 Å². The zero-order chi connectivity index (χ0) is 65.9. The second-order valence-corrected chi connectivity index (χ2v) is 29.6. The molecule has 89 heavy (non-hydrogen) atoms. The SMILES string of the molecule is CCCCCCCCCCCC(=O)OC[C@H](COP(=O)(O)OC[C@H](O)COP(=O)(O)OC[C@@H](COC(=O)CCCCCCCCCCCCC(C)C)OC(=O)CCCCCCCCCCCCCC(C)C)OC(=O)CCCCCCCCCCCCC(C)C. The molecule has 0 rings (SSSR count). The Morgan fingerprint density at radius 2 is 0.517 bits per heavy atom. The first-order valence-electron chi connectivity index (χ1n) is 36.3. The molecule has 0 fully saturated rings. The lowest BCUT2D eigenvalue weighted by molar-refractivity contribution is -0.161. The molecule has 19 heteroatoms. The number of ether oxygens (including phenoxy) is 4. The molecule has 0 aliphatic heterocycles. The third kappa shape index (κ3) is 64.6. The van der Waals surface area contributed by atoms with Crippen molar-refractivity contribution in [1.29, 1.82) is 0 Å². The number of hydrogen-bond acceptors (Lipinski definition) is 15. The average Bonchev–Trinajstić information content (AvgIpc) is 3.65. The van der Waals surface area contributed by atoms with Gasteiger partial charge in [0.05, 0.1) is 26.4 Å². The molecule has 3 N–H and O–H groups in total. The Balaban J connectivity index is 5.25. The number of carbonyl (C=O) groups excluding carboxylic acids is 4. The van der Waals surface area contributed by atoms with E-state index < -0.39 is 97.5 Å². The molecule has 0 aliphatic carbocycles. The molecule has 5 atom stereocenters. The predicted molar refractivity (Wildman–Crippen MR) is 358 cm³/mol. The summed E-state index contributed by atoms with van der Waals surface area (Å²) in [6.45, 7) is 11.8. The summed E-state index contributed by atoms with van der Waals surface area (Å²) in [5.74, 6) is 0.149. The average molecular weight is 1310 g/mol. The van der Waals surface area contributed by atoms with Crippen molar-refractivity contribution >= 4 is 39.5 Å². The summed E-state index contributed by atoms with van der Waals surface area (Å²) >= 11 is 0. The number of hydrogen-bond donors (Lipinski definition) is 3. The van der Waals surface area contributed by atoms with Crippen LogP contribution in [-0.2, 0) is 65.4 Å². The van der Waals surface area contributed by atoms with Crippen LogP contribution in [0.25, 0.3) is 0 Å². The van der Waals surface area contributed by atoms with E-state index in [1.165, 1.54) is 161 Å². The molecule has 0 saturated heterocycles. The highest BCUT2D eigenvalue weighted by Crippen LogP contribution is 2.45. The lowest BCUT2D eigenvalue weighted by Gasteiger charge is -2.21. The Morgan fingerprint density at radius 1 is 0.303 bits per heavy atom. The van der Waals surface area contributed by atoms with Crippen molar-refractivity contribution in [3.63, 3.8) is 0 Å². The quantitative estimate of drug-likeness (QED) is 0.0222. The van der Waals surface area contributed by atoms with Crippen LogP contribution in [0.4, 0.5) is 0 Å². The van der Waals surface area contributed by atoms with Crippen molar-refractivity contribution in [2.45, 2.75) is 369 Å². The highest BCUT2D eigenvalue weighted by Gasteiger charge is 2.30. The molecule has 0 aromatic heterocycles. The minimum absolute atomic E-state index is 0.106. The fourth-order valence-corrected chi connectivity index (χ4v) is 12.1. The van der Waals surface area contributed by atoms with Crippen molar-refractivity contribution in [2.75, 3.05) is 39.6 Å². The highest BCUT2D eigenvalue weighted by molar-refractivity contribution is 7.47. The van der Waals surface area contributed by atoms with Gasteiger partial charge in [-0.2, -0.15) is 0 Å². The molecule has 2 unspecified atom stereocenters. The van der Waals surface area contributed by atoms with Gasteiger partial charge < -0.3 is 33.8 Å². The van der Waals surface area contributed by atoms with Gasteiger partial charge in [-0.15, -0.1) is 0 Å². The van der Waals surface area contributed by atoms with E-state index in [0.717, 1.165) is 108 Å². The van der Waals surface area contributed by atoms with Gasteiger partial charge in [0.1, 0.15) is 19.3 Å². The van der Waals surface area contributed by atoms with Crippen molar-refractivity contribution in [1.82, 2.24) is 0 Å². The van der Waals surface area contributed by atoms with Crippen LogP contribution in [0, 0.1) is 17.8 Å². The third-order valence-electron chi connectivity index (χ3n) is 16.1. The highest BCUT2D eigenvalue weighted by atomic mass is 31.2. The second kappa shape index (κ2) is 61.0. The molecular formula is C70H136O17P2. The van der Waals surface area contributed by atoms with Crippen molar-refractivity contribution in [3.8, 4) is 0 Å². The van der Waals surface area contributed by atoms with Crippen molar-refractivity contribution < 1.29 is 80.2 Å². The van der Waals surface area contributed by atoms with Gasteiger partial charge in [0.15, 0.2) is 12.2 Å². The number of unbranched alkanes of at least 4 members (excludes halogenated alkanes) is 36. The number of esters is 4. The van der Waals surface area contributed by atoms with Crippen molar-refractivity contribution in [2.24, 2.45) is 17.8 Å². The predicted octanol–water partition coefficient (Wildman–Crippen LogP) is 19.8. The summed E-state index contributed by atoms with van der Waals surface area (Å²) in [7, 11) is -9.90.